The highest BCUT2D eigenvalue weighted by molar-refractivity contribution is 7.89. The first-order valence-corrected chi connectivity index (χ1v) is 14.0. The van der Waals surface area contributed by atoms with E-state index in [4.69, 9.17) is 14.2 Å². The quantitative estimate of drug-likeness (QED) is 0.321. The van der Waals surface area contributed by atoms with E-state index >= 15 is 0 Å². The molecule has 210 valence electrons. The molecular weight excluding hydrogens is 548 g/mol. The molecule has 0 saturated heterocycles. The molecule has 0 aliphatic heterocycles. The number of esters is 1. The van der Waals surface area contributed by atoms with Crippen LogP contribution in [0.4, 0.5) is 5.69 Å². The van der Waals surface area contributed by atoms with E-state index in [2.05, 4.69) is 10.3 Å². The van der Waals surface area contributed by atoms with Gasteiger partial charge < -0.3 is 24.1 Å². The van der Waals surface area contributed by atoms with Crippen molar-refractivity contribution in [1.29, 1.82) is 0 Å². The van der Waals surface area contributed by atoms with Gasteiger partial charge in [-0.3, -0.25) is 14.4 Å². The minimum absolute atomic E-state index is 0.0133. The minimum Gasteiger partial charge on any atom is -0.468 e. The average molecular weight is 579 g/mol. The van der Waals surface area contributed by atoms with Gasteiger partial charge in [0.25, 0.3) is 5.91 Å². The van der Waals surface area contributed by atoms with Crippen molar-refractivity contribution >= 4 is 55.0 Å². The van der Waals surface area contributed by atoms with Crippen LogP contribution in [0.25, 0.3) is 10.2 Å². The topological polar surface area (TPSA) is 146 Å². The number of amides is 2. The molecule has 0 atom stereocenters. The summed E-state index contributed by atoms with van der Waals surface area (Å²) in [5.41, 5.74) is 1.34. The van der Waals surface area contributed by atoms with Crippen LogP contribution in [0.15, 0.2) is 52.4 Å². The van der Waals surface area contributed by atoms with Crippen LogP contribution in [-0.4, -0.2) is 82.7 Å². The van der Waals surface area contributed by atoms with Crippen LogP contribution in [0.1, 0.15) is 17.3 Å². The summed E-state index contributed by atoms with van der Waals surface area (Å²) >= 11 is 1.16. The van der Waals surface area contributed by atoms with E-state index in [9.17, 15) is 22.8 Å². The SMILES string of the molecule is COCCN(CCOC)S(=O)(=O)c1ccc(C(=O)N=c2sc3cc(NC(C)=O)ccc3n2CC(=O)OC)cc1. The lowest BCUT2D eigenvalue weighted by molar-refractivity contribution is -0.141. The first-order chi connectivity index (χ1) is 18.6. The summed E-state index contributed by atoms with van der Waals surface area (Å²) in [5, 5.41) is 2.69. The van der Waals surface area contributed by atoms with Gasteiger partial charge in [0.2, 0.25) is 15.9 Å². The molecule has 0 saturated carbocycles. The third-order valence-electron chi connectivity index (χ3n) is 5.54. The number of thiazole rings is 1. The highest BCUT2D eigenvalue weighted by atomic mass is 32.2. The number of methoxy groups -OCH3 is 3. The number of hydrogen-bond donors (Lipinski definition) is 1. The van der Waals surface area contributed by atoms with Crippen LogP contribution >= 0.6 is 11.3 Å². The Morgan fingerprint density at radius 1 is 1.00 bits per heavy atom. The van der Waals surface area contributed by atoms with E-state index in [1.807, 2.05) is 0 Å². The van der Waals surface area contributed by atoms with Crippen molar-refractivity contribution in [3.05, 3.63) is 52.8 Å². The molecule has 1 aromatic heterocycles. The first-order valence-electron chi connectivity index (χ1n) is 11.8. The molecule has 0 aliphatic rings. The summed E-state index contributed by atoms with van der Waals surface area (Å²) in [5.74, 6) is -1.39. The molecule has 3 rings (SSSR count). The molecule has 39 heavy (non-hydrogen) atoms. The maximum Gasteiger partial charge on any atom is 0.325 e. The Hall–Kier alpha value is -3.43. The van der Waals surface area contributed by atoms with Crippen molar-refractivity contribution < 1.29 is 37.0 Å². The fourth-order valence-corrected chi connectivity index (χ4v) is 6.07. The van der Waals surface area contributed by atoms with Crippen molar-refractivity contribution in [3.8, 4) is 0 Å². The number of sulfonamides is 1. The van der Waals surface area contributed by atoms with Gasteiger partial charge in [-0.05, 0) is 42.5 Å². The van der Waals surface area contributed by atoms with E-state index in [-0.39, 0.29) is 54.0 Å². The zero-order valence-corrected chi connectivity index (χ0v) is 23.6. The molecule has 0 spiro atoms. The number of ether oxygens (including phenoxy) is 3. The number of nitrogens with one attached hydrogen (secondary N) is 1. The lowest BCUT2D eigenvalue weighted by Gasteiger charge is -2.21. The van der Waals surface area contributed by atoms with Crippen LogP contribution in [0, 0.1) is 0 Å². The Morgan fingerprint density at radius 2 is 1.64 bits per heavy atom. The minimum atomic E-state index is -3.85. The summed E-state index contributed by atoms with van der Waals surface area (Å²) < 4.78 is 44.6. The molecule has 3 aromatic rings. The number of nitrogens with zero attached hydrogens (tertiary/aromatic N) is 3. The Morgan fingerprint density at radius 3 is 2.21 bits per heavy atom. The molecule has 2 aromatic carbocycles. The highest BCUT2D eigenvalue weighted by Gasteiger charge is 2.24. The smallest absolute Gasteiger partial charge is 0.325 e. The van der Waals surface area contributed by atoms with Crippen molar-refractivity contribution in [1.82, 2.24) is 8.87 Å². The summed E-state index contributed by atoms with van der Waals surface area (Å²) in [7, 11) is 0.377. The van der Waals surface area contributed by atoms with Gasteiger partial charge in [-0.1, -0.05) is 11.3 Å². The molecule has 0 unspecified atom stereocenters. The van der Waals surface area contributed by atoms with E-state index in [1.54, 1.807) is 22.8 Å². The number of carbonyl (C=O) groups excluding carboxylic acids is 3. The first kappa shape index (κ1) is 30.1. The van der Waals surface area contributed by atoms with Gasteiger partial charge in [0.1, 0.15) is 6.54 Å². The third kappa shape index (κ3) is 7.58. The van der Waals surface area contributed by atoms with E-state index in [0.29, 0.717) is 15.9 Å². The zero-order chi connectivity index (χ0) is 28.6. The molecule has 0 aliphatic carbocycles. The van der Waals surface area contributed by atoms with Gasteiger partial charge in [0, 0.05) is 45.5 Å². The summed E-state index contributed by atoms with van der Waals surface area (Å²) in [4.78, 5) is 41.0. The van der Waals surface area contributed by atoms with Gasteiger partial charge in [0.05, 0.1) is 35.4 Å². The Labute approximate surface area is 229 Å². The van der Waals surface area contributed by atoms with E-state index in [1.165, 1.54) is 56.8 Å². The number of anilines is 1. The molecule has 1 N–H and O–H groups in total. The molecule has 14 heteroatoms. The third-order valence-corrected chi connectivity index (χ3v) is 8.50. The number of fused-ring (bicyclic) bond motifs is 1. The standard InChI is InChI=1S/C25H30N4O8S2/c1-17(30)26-19-7-10-21-22(15-19)38-25(29(21)16-23(31)37-4)27-24(32)18-5-8-20(9-6-18)39(33,34)28(11-13-35-2)12-14-36-3/h5-10,15H,11-14,16H2,1-4H3,(H,26,30). The van der Waals surface area contributed by atoms with E-state index < -0.39 is 21.9 Å². The van der Waals surface area contributed by atoms with Gasteiger partial charge in [-0.15, -0.1) is 0 Å². The molecule has 0 bridgehead atoms. The van der Waals surface area contributed by atoms with Crippen LogP contribution in [-0.2, 0) is 40.4 Å². The van der Waals surface area contributed by atoms with Crippen LogP contribution in [0.2, 0.25) is 0 Å². The number of benzene rings is 2. The van der Waals surface area contributed by atoms with Crippen molar-refractivity contribution in [3.63, 3.8) is 0 Å². The van der Waals surface area contributed by atoms with Crippen LogP contribution in [0.3, 0.4) is 0 Å². The van der Waals surface area contributed by atoms with Gasteiger partial charge in [-0.2, -0.15) is 9.30 Å². The predicted molar refractivity (Wildman–Crippen MR) is 145 cm³/mol. The van der Waals surface area contributed by atoms with Gasteiger partial charge in [-0.25, -0.2) is 8.42 Å². The molecule has 12 nitrogen and oxygen atoms in total. The molecule has 1 heterocycles. The lowest BCUT2D eigenvalue weighted by atomic mass is 10.2. The van der Waals surface area contributed by atoms with Crippen molar-refractivity contribution in [2.24, 2.45) is 4.99 Å². The lowest BCUT2D eigenvalue weighted by Crippen LogP contribution is -2.36. The Bertz CT molecular complexity index is 1500. The fourth-order valence-electron chi connectivity index (χ4n) is 3.59. The maximum absolute atomic E-state index is 13.1. The second-order valence-corrected chi connectivity index (χ2v) is 11.2. The highest BCUT2D eigenvalue weighted by Crippen LogP contribution is 2.23. The average Bonchev–Trinajstić information content (AvgIpc) is 3.23. The normalized spacial score (nSPS) is 12.2. The van der Waals surface area contributed by atoms with Crippen LogP contribution in [0.5, 0.6) is 0 Å². The molecule has 0 fully saturated rings. The van der Waals surface area contributed by atoms with E-state index in [0.717, 1.165) is 11.3 Å². The van der Waals surface area contributed by atoms with Crippen molar-refractivity contribution in [2.75, 3.05) is 52.9 Å². The Balaban J connectivity index is 1.96. The fraction of sp³-hybridized carbons (Fsp3) is 0.360. The summed E-state index contributed by atoms with van der Waals surface area (Å²) in [6, 6.07) is 10.6. The summed E-state index contributed by atoms with van der Waals surface area (Å²) in [6.07, 6.45) is 0. The monoisotopic (exact) mass is 578 g/mol. The van der Waals surface area contributed by atoms with Gasteiger partial charge in [0.15, 0.2) is 4.80 Å². The zero-order valence-electron chi connectivity index (χ0n) is 22.0. The van der Waals surface area contributed by atoms with Gasteiger partial charge >= 0.3 is 5.97 Å². The Kier molecular flexibility index (Phi) is 10.5. The number of aromatic nitrogens is 1. The molecule has 0 radical (unpaired) electrons. The molecule has 2 amide bonds. The second-order valence-electron chi connectivity index (χ2n) is 8.24. The number of hydrogen-bond acceptors (Lipinski definition) is 9. The largest absolute Gasteiger partial charge is 0.468 e. The predicted octanol–water partition coefficient (Wildman–Crippen LogP) is 1.86. The van der Waals surface area contributed by atoms with Crippen molar-refractivity contribution in [2.45, 2.75) is 18.4 Å². The maximum atomic E-state index is 13.1. The number of carbonyl (C=O) groups is 3. The number of rotatable bonds is 12. The second kappa shape index (κ2) is 13.6. The summed E-state index contributed by atoms with van der Waals surface area (Å²) in [6.45, 7) is 1.93. The van der Waals surface area contributed by atoms with Crippen LogP contribution < -0.4 is 10.1 Å². The molecular formula is C25H30N4O8S2.